The van der Waals surface area contributed by atoms with Crippen molar-refractivity contribution >= 4 is 27.3 Å². The molecule has 21 heavy (non-hydrogen) atoms. The number of methoxy groups -OCH3 is 2. The van der Waals surface area contributed by atoms with Crippen LogP contribution in [0.1, 0.15) is 0 Å². The first-order valence-corrected chi connectivity index (χ1v) is 7.83. The quantitative estimate of drug-likeness (QED) is 0.916. The van der Waals surface area contributed by atoms with Crippen LogP contribution in [-0.4, -0.2) is 22.6 Å². The second-order valence-corrected chi connectivity index (χ2v) is 6.16. The Labute approximate surface area is 128 Å². The lowest BCUT2D eigenvalue weighted by molar-refractivity contribution is 0.355. The Balaban J connectivity index is 2.35. The molecule has 0 heterocycles. The van der Waals surface area contributed by atoms with Gasteiger partial charge in [-0.3, -0.25) is 4.72 Å². The predicted octanol–water partition coefficient (Wildman–Crippen LogP) is 3.16. The van der Waals surface area contributed by atoms with E-state index in [2.05, 4.69) is 4.72 Å². The number of anilines is 1. The lowest BCUT2D eigenvalue weighted by Gasteiger charge is -2.12. The molecule has 0 atom stereocenters. The summed E-state index contributed by atoms with van der Waals surface area (Å²) in [6.45, 7) is 0. The third-order valence-corrected chi connectivity index (χ3v) is 4.64. The molecule has 7 heteroatoms. The Morgan fingerprint density at radius 2 is 1.67 bits per heavy atom. The number of hydrogen-bond donors (Lipinski definition) is 1. The first kappa shape index (κ1) is 15.5. The van der Waals surface area contributed by atoms with Crippen LogP contribution in [0.5, 0.6) is 11.5 Å². The van der Waals surface area contributed by atoms with Crippen LogP contribution in [0.3, 0.4) is 0 Å². The van der Waals surface area contributed by atoms with Gasteiger partial charge in [0.05, 0.1) is 24.9 Å². The highest BCUT2D eigenvalue weighted by Gasteiger charge is 2.18. The molecule has 0 aliphatic heterocycles. The minimum atomic E-state index is -3.77. The summed E-state index contributed by atoms with van der Waals surface area (Å²) in [6, 6.07) is 11.0. The molecular weight excluding hydrogens is 314 g/mol. The summed E-state index contributed by atoms with van der Waals surface area (Å²) in [5.74, 6) is 0.940. The van der Waals surface area contributed by atoms with Crippen molar-refractivity contribution < 1.29 is 17.9 Å². The molecule has 2 rings (SSSR count). The monoisotopic (exact) mass is 327 g/mol. The average Bonchev–Trinajstić information content (AvgIpc) is 2.47. The summed E-state index contributed by atoms with van der Waals surface area (Å²) in [4.78, 5) is 0.0152. The number of hydrogen-bond acceptors (Lipinski definition) is 4. The second kappa shape index (κ2) is 6.24. The van der Waals surface area contributed by atoms with Gasteiger partial charge in [0.2, 0.25) is 0 Å². The van der Waals surface area contributed by atoms with E-state index in [-0.39, 0.29) is 9.92 Å². The van der Waals surface area contributed by atoms with Gasteiger partial charge in [0.25, 0.3) is 10.0 Å². The fraction of sp³-hybridized carbons (Fsp3) is 0.143. The number of nitrogens with one attached hydrogen (secondary N) is 1. The van der Waals surface area contributed by atoms with E-state index in [0.29, 0.717) is 17.2 Å². The van der Waals surface area contributed by atoms with Crippen LogP contribution >= 0.6 is 11.6 Å². The zero-order valence-electron chi connectivity index (χ0n) is 11.5. The van der Waals surface area contributed by atoms with Crippen molar-refractivity contribution in [3.63, 3.8) is 0 Å². The molecule has 2 aromatic carbocycles. The number of halogens is 1. The van der Waals surface area contributed by atoms with Crippen molar-refractivity contribution in [3.8, 4) is 11.5 Å². The molecule has 112 valence electrons. The summed E-state index contributed by atoms with van der Waals surface area (Å²) < 4.78 is 37.3. The summed E-state index contributed by atoms with van der Waals surface area (Å²) in [5.41, 5.74) is 0.354. The van der Waals surface area contributed by atoms with Crippen LogP contribution in [0.15, 0.2) is 47.4 Å². The van der Waals surface area contributed by atoms with E-state index < -0.39 is 10.0 Å². The lowest BCUT2D eigenvalue weighted by Crippen LogP contribution is -2.13. The van der Waals surface area contributed by atoms with Crippen LogP contribution in [0.2, 0.25) is 5.02 Å². The third kappa shape index (κ3) is 3.40. The topological polar surface area (TPSA) is 64.6 Å². The minimum Gasteiger partial charge on any atom is -0.493 e. The fourth-order valence-electron chi connectivity index (χ4n) is 1.77. The Morgan fingerprint density at radius 1 is 1.00 bits per heavy atom. The zero-order valence-corrected chi connectivity index (χ0v) is 13.0. The molecule has 0 aliphatic rings. The first-order chi connectivity index (χ1) is 9.97. The highest BCUT2D eigenvalue weighted by atomic mass is 35.5. The Kier molecular flexibility index (Phi) is 4.59. The molecule has 1 N–H and O–H groups in total. The van der Waals surface area contributed by atoms with Crippen LogP contribution < -0.4 is 14.2 Å². The Hall–Kier alpha value is -1.92. The van der Waals surface area contributed by atoms with Crippen LogP contribution in [0.25, 0.3) is 0 Å². The molecule has 0 amide bonds. The van der Waals surface area contributed by atoms with Gasteiger partial charge >= 0.3 is 0 Å². The molecule has 2 aromatic rings. The molecule has 0 unspecified atom stereocenters. The summed E-state index contributed by atoms with van der Waals surface area (Å²) in [6.07, 6.45) is 0. The third-order valence-electron chi connectivity index (χ3n) is 2.76. The maximum Gasteiger partial charge on any atom is 0.263 e. The van der Waals surface area contributed by atoms with Gasteiger partial charge in [0.15, 0.2) is 11.5 Å². The van der Waals surface area contributed by atoms with Gasteiger partial charge in [0, 0.05) is 6.07 Å². The van der Waals surface area contributed by atoms with Crippen molar-refractivity contribution in [1.82, 2.24) is 0 Å². The number of rotatable bonds is 5. The van der Waals surface area contributed by atoms with Crippen LogP contribution in [0.4, 0.5) is 5.69 Å². The standard InChI is InChI=1S/C14H14ClNO4S/c1-19-12-8-7-10(9-13(12)20-2)16-21(17,18)14-6-4-3-5-11(14)15/h3-9,16H,1-2H3. The zero-order chi connectivity index (χ0) is 15.5. The van der Waals surface area contributed by atoms with E-state index in [1.165, 1.54) is 32.4 Å². The molecule has 0 aliphatic carbocycles. The fourth-order valence-corrected chi connectivity index (χ4v) is 3.34. The lowest BCUT2D eigenvalue weighted by atomic mass is 10.3. The van der Waals surface area contributed by atoms with Gasteiger partial charge in [-0.25, -0.2) is 8.42 Å². The molecule has 0 spiro atoms. The average molecular weight is 328 g/mol. The first-order valence-electron chi connectivity index (χ1n) is 5.97. The van der Waals surface area contributed by atoms with Gasteiger partial charge in [-0.1, -0.05) is 23.7 Å². The van der Waals surface area contributed by atoms with Crippen molar-refractivity contribution in [2.75, 3.05) is 18.9 Å². The largest absolute Gasteiger partial charge is 0.493 e. The number of sulfonamides is 1. The van der Waals surface area contributed by atoms with Gasteiger partial charge < -0.3 is 9.47 Å². The second-order valence-electron chi connectivity index (χ2n) is 4.11. The van der Waals surface area contributed by atoms with Gasteiger partial charge in [-0.2, -0.15) is 0 Å². The summed E-state index contributed by atoms with van der Waals surface area (Å²) in [5, 5.41) is 0.158. The normalized spacial score (nSPS) is 11.0. The Bertz CT molecular complexity index is 746. The molecule has 0 saturated carbocycles. The van der Waals surface area contributed by atoms with E-state index >= 15 is 0 Å². The smallest absolute Gasteiger partial charge is 0.263 e. The van der Waals surface area contributed by atoms with Gasteiger partial charge in [-0.05, 0) is 24.3 Å². The minimum absolute atomic E-state index is 0.0152. The predicted molar refractivity (Wildman–Crippen MR) is 81.8 cm³/mol. The van der Waals surface area contributed by atoms with E-state index in [1.807, 2.05) is 0 Å². The molecule has 0 fully saturated rings. The molecule has 0 radical (unpaired) electrons. The summed E-state index contributed by atoms with van der Waals surface area (Å²) >= 11 is 5.92. The van der Waals surface area contributed by atoms with E-state index in [0.717, 1.165) is 0 Å². The number of benzene rings is 2. The molecule has 5 nitrogen and oxygen atoms in total. The molecule has 0 saturated heterocycles. The van der Waals surface area contributed by atoms with Crippen molar-refractivity contribution in [3.05, 3.63) is 47.5 Å². The Morgan fingerprint density at radius 3 is 2.29 bits per heavy atom. The SMILES string of the molecule is COc1ccc(NS(=O)(=O)c2ccccc2Cl)cc1OC. The van der Waals surface area contributed by atoms with Crippen LogP contribution in [-0.2, 0) is 10.0 Å². The molecule has 0 bridgehead atoms. The summed E-state index contributed by atoms with van der Waals surface area (Å²) in [7, 11) is -0.785. The van der Waals surface area contributed by atoms with Crippen molar-refractivity contribution in [2.45, 2.75) is 4.90 Å². The van der Waals surface area contributed by atoms with Crippen molar-refractivity contribution in [2.24, 2.45) is 0 Å². The van der Waals surface area contributed by atoms with Crippen LogP contribution in [0, 0.1) is 0 Å². The number of ether oxygens (including phenoxy) is 2. The van der Waals surface area contributed by atoms with E-state index in [9.17, 15) is 8.42 Å². The molecule has 0 aromatic heterocycles. The van der Waals surface area contributed by atoms with Gasteiger partial charge in [-0.15, -0.1) is 0 Å². The highest BCUT2D eigenvalue weighted by molar-refractivity contribution is 7.92. The maximum atomic E-state index is 12.3. The van der Waals surface area contributed by atoms with E-state index in [4.69, 9.17) is 21.1 Å². The van der Waals surface area contributed by atoms with Gasteiger partial charge in [0.1, 0.15) is 4.90 Å². The van der Waals surface area contributed by atoms with E-state index in [1.54, 1.807) is 24.3 Å². The van der Waals surface area contributed by atoms with Crippen molar-refractivity contribution in [1.29, 1.82) is 0 Å². The molecular formula is C14H14ClNO4S. The highest BCUT2D eigenvalue weighted by Crippen LogP contribution is 2.31. The maximum absolute atomic E-state index is 12.3.